The van der Waals surface area contributed by atoms with E-state index in [9.17, 15) is 22.0 Å². The molecule has 1 aliphatic heterocycles. The molecule has 3 rings (SSSR count). The van der Waals surface area contributed by atoms with E-state index in [4.69, 9.17) is 4.74 Å². The maximum atomic E-state index is 12.6. The number of ether oxygens (including phenoxy) is 2. The van der Waals surface area contributed by atoms with Crippen LogP contribution in [0, 0.1) is 0 Å². The summed E-state index contributed by atoms with van der Waals surface area (Å²) in [6, 6.07) is 10.5. The molecule has 2 N–H and O–H groups in total. The van der Waals surface area contributed by atoms with E-state index in [0.717, 1.165) is 6.42 Å². The third kappa shape index (κ3) is 7.12. The minimum atomic E-state index is -3.80. The average Bonchev–Trinajstić information content (AvgIpc) is 3.26. The van der Waals surface area contributed by atoms with Crippen LogP contribution < -0.4 is 19.5 Å². The lowest BCUT2D eigenvalue weighted by Crippen LogP contribution is -2.30. The Bertz CT molecular complexity index is 1160. The molecule has 12 heteroatoms. The second-order valence-electron chi connectivity index (χ2n) is 7.65. The minimum absolute atomic E-state index is 0.0121. The van der Waals surface area contributed by atoms with Crippen molar-refractivity contribution in [3.63, 3.8) is 0 Å². The largest absolute Gasteiger partial charge is 0.493 e. The van der Waals surface area contributed by atoms with Crippen molar-refractivity contribution in [2.24, 2.45) is 4.99 Å². The van der Waals surface area contributed by atoms with Gasteiger partial charge in [0.15, 0.2) is 11.5 Å². The monoisotopic (exact) mass is 496 g/mol. The Morgan fingerprint density at radius 3 is 2.68 bits per heavy atom. The van der Waals surface area contributed by atoms with E-state index < -0.39 is 16.6 Å². The summed E-state index contributed by atoms with van der Waals surface area (Å²) < 4.78 is 62.4. The lowest BCUT2D eigenvalue weighted by Gasteiger charge is -2.18. The quantitative estimate of drug-likeness (QED) is 0.524. The number of benzene rings is 2. The van der Waals surface area contributed by atoms with E-state index in [1.807, 2.05) is 0 Å². The lowest BCUT2D eigenvalue weighted by molar-refractivity contribution is -0.117. The van der Waals surface area contributed by atoms with Crippen molar-refractivity contribution in [2.45, 2.75) is 30.9 Å². The van der Waals surface area contributed by atoms with Crippen molar-refractivity contribution in [2.75, 3.05) is 32.6 Å². The third-order valence-corrected chi connectivity index (χ3v) is 6.24. The summed E-state index contributed by atoms with van der Waals surface area (Å²) in [7, 11) is -0.767. The lowest BCUT2D eigenvalue weighted by atomic mass is 10.2. The summed E-state index contributed by atoms with van der Waals surface area (Å²) in [5.41, 5.74) is 0.965. The average molecular weight is 497 g/mol. The number of hydrogen-bond donors (Lipinski definition) is 2. The Kier molecular flexibility index (Phi) is 8.40. The topological polar surface area (TPSA) is 109 Å². The normalized spacial score (nSPS) is 13.6. The summed E-state index contributed by atoms with van der Waals surface area (Å²) in [6.45, 7) is -2.15. The first-order valence-electron chi connectivity index (χ1n) is 10.4. The Labute approximate surface area is 196 Å². The van der Waals surface area contributed by atoms with Crippen molar-refractivity contribution in [1.29, 1.82) is 0 Å². The van der Waals surface area contributed by atoms with Gasteiger partial charge in [0.05, 0.1) is 18.6 Å². The molecule has 0 radical (unpaired) electrons. The first-order chi connectivity index (χ1) is 16.2. The zero-order valence-corrected chi connectivity index (χ0v) is 19.6. The number of alkyl halides is 2. The first-order valence-corrected chi connectivity index (χ1v) is 11.9. The van der Waals surface area contributed by atoms with Gasteiger partial charge in [-0.05, 0) is 49.4 Å². The van der Waals surface area contributed by atoms with Gasteiger partial charge in [0.2, 0.25) is 5.91 Å². The molecular formula is C22H26F2N4O5S. The summed E-state index contributed by atoms with van der Waals surface area (Å²) in [6.07, 6.45) is 1.38. The predicted octanol–water partition coefficient (Wildman–Crippen LogP) is 2.84. The number of methoxy groups -OCH3 is 1. The number of carbonyl (C=O) groups is 1. The zero-order valence-electron chi connectivity index (χ0n) is 18.8. The van der Waals surface area contributed by atoms with Crippen molar-refractivity contribution < 1.29 is 31.5 Å². The Hall–Kier alpha value is -3.25. The number of anilines is 1. The van der Waals surface area contributed by atoms with Gasteiger partial charge in [0.25, 0.3) is 10.0 Å². The van der Waals surface area contributed by atoms with Gasteiger partial charge in [-0.2, -0.15) is 8.78 Å². The molecule has 184 valence electrons. The van der Waals surface area contributed by atoms with Gasteiger partial charge in [-0.1, -0.05) is 12.1 Å². The number of amidine groups is 1. The molecule has 0 spiro atoms. The Morgan fingerprint density at radius 1 is 1.21 bits per heavy atom. The van der Waals surface area contributed by atoms with Crippen LogP contribution in [0.4, 0.5) is 14.5 Å². The molecule has 1 aliphatic rings. The molecule has 0 fully saturated rings. The van der Waals surface area contributed by atoms with E-state index in [1.165, 1.54) is 37.4 Å². The number of likely N-dealkylation sites (N-methyl/N-ethyl adjacent to an activating group) is 1. The third-order valence-electron chi connectivity index (χ3n) is 4.86. The molecule has 2 aromatic rings. The van der Waals surface area contributed by atoms with Gasteiger partial charge in [-0.15, -0.1) is 0 Å². The minimum Gasteiger partial charge on any atom is -0.493 e. The highest BCUT2D eigenvalue weighted by Crippen LogP contribution is 2.29. The number of hydrogen-bond acceptors (Lipinski definition) is 7. The molecular weight excluding hydrogens is 470 g/mol. The molecule has 0 atom stereocenters. The summed E-state index contributed by atoms with van der Waals surface area (Å²) in [5, 5.41) is 2.67. The maximum absolute atomic E-state index is 12.6. The first kappa shape index (κ1) is 25.4. The standard InChI is InChI=1S/C22H26F2N4O5S/c1-28(13-15-8-9-18(32-2)19(11-15)33-22(23)24)14-21(29)26-16-5-3-6-17(12-16)34(30,31)27-20-7-4-10-25-20/h3,5-6,8-9,11-12,22H,4,7,10,13-14H2,1-2H3,(H,25,27)(H,26,29). The molecule has 1 heterocycles. The van der Waals surface area contributed by atoms with Crippen molar-refractivity contribution in [3.05, 3.63) is 48.0 Å². The highest BCUT2D eigenvalue weighted by Gasteiger charge is 2.19. The number of aliphatic imine (C=N–C) groups is 1. The van der Waals surface area contributed by atoms with Gasteiger partial charge in [-0.25, -0.2) is 8.42 Å². The van der Waals surface area contributed by atoms with Crippen molar-refractivity contribution in [1.82, 2.24) is 9.62 Å². The molecule has 1 amide bonds. The second-order valence-corrected chi connectivity index (χ2v) is 9.33. The van der Waals surface area contributed by atoms with Crippen LogP contribution in [0.25, 0.3) is 0 Å². The van der Waals surface area contributed by atoms with Crippen molar-refractivity contribution >= 4 is 27.5 Å². The smallest absolute Gasteiger partial charge is 0.387 e. The number of carbonyl (C=O) groups excluding carboxylic acids is 1. The molecule has 0 bridgehead atoms. The number of nitrogens with one attached hydrogen (secondary N) is 2. The Balaban J connectivity index is 1.60. The van der Waals surface area contributed by atoms with E-state index in [2.05, 4.69) is 19.8 Å². The Morgan fingerprint density at radius 2 is 2.00 bits per heavy atom. The van der Waals surface area contributed by atoms with Crippen LogP contribution in [0.3, 0.4) is 0 Å². The van der Waals surface area contributed by atoms with Crippen LogP contribution in [0.2, 0.25) is 0 Å². The van der Waals surface area contributed by atoms with E-state index in [1.54, 1.807) is 24.1 Å². The predicted molar refractivity (Wildman–Crippen MR) is 123 cm³/mol. The van der Waals surface area contributed by atoms with Crippen molar-refractivity contribution in [3.8, 4) is 11.5 Å². The van der Waals surface area contributed by atoms with E-state index in [-0.39, 0.29) is 35.4 Å². The van der Waals surface area contributed by atoms with Gasteiger partial charge >= 0.3 is 6.61 Å². The highest BCUT2D eigenvalue weighted by molar-refractivity contribution is 7.90. The number of nitrogens with zero attached hydrogens (tertiary/aromatic N) is 2. The van der Waals surface area contributed by atoms with Gasteiger partial charge in [0.1, 0.15) is 5.84 Å². The summed E-state index contributed by atoms with van der Waals surface area (Å²) in [5.74, 6) is 0.135. The van der Waals surface area contributed by atoms with Crippen LogP contribution >= 0.6 is 0 Å². The second kappa shape index (κ2) is 11.3. The van der Waals surface area contributed by atoms with Crippen LogP contribution in [-0.4, -0.2) is 58.9 Å². The molecule has 9 nitrogen and oxygen atoms in total. The van der Waals surface area contributed by atoms with Crippen LogP contribution in [0.15, 0.2) is 52.4 Å². The molecule has 0 saturated carbocycles. The summed E-state index contributed by atoms with van der Waals surface area (Å²) in [4.78, 5) is 18.3. The molecule has 0 aromatic heterocycles. The fraction of sp³-hybridized carbons (Fsp3) is 0.364. The van der Waals surface area contributed by atoms with Crippen LogP contribution in [0.5, 0.6) is 11.5 Å². The molecule has 0 unspecified atom stereocenters. The molecule has 34 heavy (non-hydrogen) atoms. The molecule has 2 aromatic carbocycles. The fourth-order valence-electron chi connectivity index (χ4n) is 3.40. The van der Waals surface area contributed by atoms with E-state index in [0.29, 0.717) is 30.1 Å². The number of rotatable bonds is 10. The fourth-order valence-corrected chi connectivity index (χ4v) is 4.53. The number of halogens is 2. The van der Waals surface area contributed by atoms with Crippen LogP contribution in [-0.2, 0) is 21.4 Å². The van der Waals surface area contributed by atoms with Gasteiger partial charge in [0, 0.05) is 25.2 Å². The zero-order chi connectivity index (χ0) is 24.7. The number of sulfonamides is 1. The SMILES string of the molecule is COc1ccc(CN(C)CC(=O)Nc2cccc(S(=O)(=O)NC3=NCCC3)c2)cc1OC(F)F. The van der Waals surface area contributed by atoms with Gasteiger partial charge < -0.3 is 14.8 Å². The summed E-state index contributed by atoms with van der Waals surface area (Å²) >= 11 is 0. The van der Waals surface area contributed by atoms with Gasteiger partial charge in [-0.3, -0.25) is 19.4 Å². The molecule has 0 aliphatic carbocycles. The number of amides is 1. The van der Waals surface area contributed by atoms with Crippen LogP contribution in [0.1, 0.15) is 18.4 Å². The van der Waals surface area contributed by atoms with E-state index >= 15 is 0 Å². The highest BCUT2D eigenvalue weighted by atomic mass is 32.2. The maximum Gasteiger partial charge on any atom is 0.387 e. The molecule has 0 saturated heterocycles.